The molecule has 20 heavy (non-hydrogen) atoms. The van der Waals surface area contributed by atoms with Crippen LogP contribution >= 0.6 is 0 Å². The number of amides is 2. The van der Waals surface area contributed by atoms with Crippen LogP contribution in [0.25, 0.3) is 0 Å². The van der Waals surface area contributed by atoms with E-state index in [0.29, 0.717) is 6.42 Å². The Morgan fingerprint density at radius 2 is 1.80 bits per heavy atom. The summed E-state index contributed by atoms with van der Waals surface area (Å²) < 4.78 is 0. The predicted molar refractivity (Wildman–Crippen MR) is 80.3 cm³/mol. The molecule has 1 rings (SSSR count). The third-order valence-corrected chi connectivity index (χ3v) is 3.71. The number of hydrogen-bond donors (Lipinski definition) is 2. The first kappa shape index (κ1) is 17.0. The summed E-state index contributed by atoms with van der Waals surface area (Å²) in [6, 6.07) is 0.426. The van der Waals surface area contributed by atoms with Crippen LogP contribution in [0.2, 0.25) is 0 Å². The molecule has 0 saturated carbocycles. The summed E-state index contributed by atoms with van der Waals surface area (Å²) in [5.74, 6) is 0.379. The van der Waals surface area contributed by atoms with Gasteiger partial charge < -0.3 is 15.5 Å². The lowest BCUT2D eigenvalue weighted by Crippen LogP contribution is -2.48. The summed E-state index contributed by atoms with van der Waals surface area (Å²) in [4.78, 5) is 25.7. The molecule has 5 heteroatoms. The van der Waals surface area contributed by atoms with Crippen LogP contribution in [0.5, 0.6) is 0 Å². The van der Waals surface area contributed by atoms with E-state index in [1.807, 2.05) is 32.6 Å². The predicted octanol–water partition coefficient (Wildman–Crippen LogP) is 1.14. The lowest BCUT2D eigenvalue weighted by Gasteiger charge is -2.33. The fourth-order valence-corrected chi connectivity index (χ4v) is 2.59. The molecule has 1 aliphatic heterocycles. The molecule has 1 saturated heterocycles. The molecule has 0 spiro atoms. The minimum Gasteiger partial charge on any atom is -0.353 e. The van der Waals surface area contributed by atoms with Gasteiger partial charge in [0.1, 0.15) is 0 Å². The number of hydrogen-bond acceptors (Lipinski definition) is 3. The van der Waals surface area contributed by atoms with Crippen LogP contribution in [-0.2, 0) is 9.59 Å². The van der Waals surface area contributed by atoms with Crippen LogP contribution < -0.4 is 10.6 Å². The van der Waals surface area contributed by atoms with Gasteiger partial charge in [0, 0.05) is 37.5 Å². The number of likely N-dealkylation sites (tertiary alicyclic amines) is 1. The molecule has 2 amide bonds. The van der Waals surface area contributed by atoms with E-state index < -0.39 is 0 Å². The zero-order valence-corrected chi connectivity index (χ0v) is 13.2. The lowest BCUT2D eigenvalue weighted by atomic mass is 10.0. The van der Waals surface area contributed by atoms with Gasteiger partial charge in [0.15, 0.2) is 0 Å². The first-order valence-electron chi connectivity index (χ1n) is 7.75. The van der Waals surface area contributed by atoms with Gasteiger partial charge in [0.25, 0.3) is 0 Å². The maximum absolute atomic E-state index is 11.9. The van der Waals surface area contributed by atoms with Crippen molar-refractivity contribution in [2.24, 2.45) is 5.92 Å². The highest BCUT2D eigenvalue weighted by Gasteiger charge is 2.25. The molecule has 0 aliphatic carbocycles. The second kappa shape index (κ2) is 8.25. The molecule has 1 aliphatic rings. The van der Waals surface area contributed by atoms with Crippen molar-refractivity contribution >= 4 is 11.8 Å². The van der Waals surface area contributed by atoms with Gasteiger partial charge in [0.2, 0.25) is 11.8 Å². The van der Waals surface area contributed by atoms with Crippen molar-refractivity contribution < 1.29 is 9.59 Å². The minimum atomic E-state index is 0.0575. The molecule has 0 aromatic heterocycles. The van der Waals surface area contributed by atoms with Gasteiger partial charge in [-0.1, -0.05) is 20.8 Å². The second-order valence-electron chi connectivity index (χ2n) is 5.98. The molecule has 0 bridgehead atoms. The number of piperidine rings is 1. The summed E-state index contributed by atoms with van der Waals surface area (Å²) in [5, 5.41) is 6.31. The highest BCUT2D eigenvalue weighted by atomic mass is 16.2. The summed E-state index contributed by atoms with van der Waals surface area (Å²) >= 11 is 0. The Bertz CT molecular complexity index is 323. The molecule has 1 unspecified atom stereocenters. The fourth-order valence-electron chi connectivity index (χ4n) is 2.59. The van der Waals surface area contributed by atoms with Crippen molar-refractivity contribution in [3.8, 4) is 0 Å². The van der Waals surface area contributed by atoms with E-state index in [2.05, 4.69) is 10.6 Å². The van der Waals surface area contributed by atoms with Crippen LogP contribution in [0.1, 0.15) is 47.0 Å². The molecule has 0 radical (unpaired) electrons. The van der Waals surface area contributed by atoms with E-state index in [1.54, 1.807) is 0 Å². The van der Waals surface area contributed by atoms with E-state index >= 15 is 0 Å². The SMILES string of the molecule is CCNC(C)CC(=O)NC1CCN(C(=O)C(C)C)CC1. The molecule has 0 aromatic carbocycles. The third-order valence-electron chi connectivity index (χ3n) is 3.71. The van der Waals surface area contributed by atoms with E-state index in [0.717, 1.165) is 32.5 Å². The Kier molecular flexibility index (Phi) is 6.99. The topological polar surface area (TPSA) is 61.4 Å². The molecule has 1 atom stereocenters. The van der Waals surface area contributed by atoms with Crippen molar-refractivity contribution in [2.75, 3.05) is 19.6 Å². The minimum absolute atomic E-state index is 0.0575. The van der Waals surface area contributed by atoms with Crippen LogP contribution in [0.4, 0.5) is 0 Å². The van der Waals surface area contributed by atoms with E-state index in [-0.39, 0.29) is 29.8 Å². The smallest absolute Gasteiger partial charge is 0.225 e. The lowest BCUT2D eigenvalue weighted by molar-refractivity contribution is -0.135. The molecule has 116 valence electrons. The van der Waals surface area contributed by atoms with Gasteiger partial charge >= 0.3 is 0 Å². The number of nitrogens with zero attached hydrogens (tertiary/aromatic N) is 1. The Balaban J connectivity index is 2.28. The van der Waals surface area contributed by atoms with Crippen LogP contribution in [0.3, 0.4) is 0 Å². The maximum Gasteiger partial charge on any atom is 0.225 e. The Morgan fingerprint density at radius 1 is 1.20 bits per heavy atom. The van der Waals surface area contributed by atoms with Gasteiger partial charge in [-0.25, -0.2) is 0 Å². The normalized spacial score (nSPS) is 18.1. The third kappa shape index (κ3) is 5.49. The van der Waals surface area contributed by atoms with Gasteiger partial charge in [-0.15, -0.1) is 0 Å². The first-order valence-corrected chi connectivity index (χ1v) is 7.75. The quantitative estimate of drug-likeness (QED) is 0.768. The molecule has 5 nitrogen and oxygen atoms in total. The largest absolute Gasteiger partial charge is 0.353 e. The van der Waals surface area contributed by atoms with Gasteiger partial charge in [-0.2, -0.15) is 0 Å². The molecule has 2 N–H and O–H groups in total. The van der Waals surface area contributed by atoms with Crippen LogP contribution in [0.15, 0.2) is 0 Å². The van der Waals surface area contributed by atoms with Crippen molar-refractivity contribution in [3.63, 3.8) is 0 Å². The monoisotopic (exact) mass is 283 g/mol. The summed E-state index contributed by atoms with van der Waals surface area (Å²) in [6.45, 7) is 10.3. The summed E-state index contributed by atoms with van der Waals surface area (Å²) in [7, 11) is 0. The summed E-state index contributed by atoms with van der Waals surface area (Å²) in [6.07, 6.45) is 2.23. The second-order valence-corrected chi connectivity index (χ2v) is 5.98. The number of nitrogens with one attached hydrogen (secondary N) is 2. The average Bonchev–Trinajstić information content (AvgIpc) is 2.38. The molecule has 1 heterocycles. The van der Waals surface area contributed by atoms with Crippen molar-refractivity contribution in [1.82, 2.24) is 15.5 Å². The van der Waals surface area contributed by atoms with Gasteiger partial charge in [-0.3, -0.25) is 9.59 Å². The zero-order valence-electron chi connectivity index (χ0n) is 13.2. The fraction of sp³-hybridized carbons (Fsp3) is 0.867. The molecular weight excluding hydrogens is 254 g/mol. The first-order chi connectivity index (χ1) is 9.43. The Labute approximate surface area is 122 Å². The van der Waals surface area contributed by atoms with Crippen LogP contribution in [-0.4, -0.2) is 48.4 Å². The van der Waals surface area contributed by atoms with E-state index in [1.165, 1.54) is 0 Å². The Morgan fingerprint density at radius 3 is 2.30 bits per heavy atom. The molecule has 0 aromatic rings. The van der Waals surface area contributed by atoms with Crippen molar-refractivity contribution in [3.05, 3.63) is 0 Å². The van der Waals surface area contributed by atoms with Crippen LogP contribution in [0, 0.1) is 5.92 Å². The maximum atomic E-state index is 11.9. The number of rotatable bonds is 6. The zero-order chi connectivity index (χ0) is 15.1. The van der Waals surface area contributed by atoms with E-state index in [9.17, 15) is 9.59 Å². The van der Waals surface area contributed by atoms with E-state index in [4.69, 9.17) is 0 Å². The standard InChI is InChI=1S/C15H29N3O2/c1-5-16-12(4)10-14(19)17-13-6-8-18(9-7-13)15(20)11(2)3/h11-13,16H,5-10H2,1-4H3,(H,17,19). The molecule has 1 fully saturated rings. The Hall–Kier alpha value is -1.10. The van der Waals surface area contributed by atoms with Crippen molar-refractivity contribution in [2.45, 2.75) is 59.0 Å². The number of carbonyl (C=O) groups excluding carboxylic acids is 2. The summed E-state index contributed by atoms with van der Waals surface area (Å²) in [5.41, 5.74) is 0. The number of carbonyl (C=O) groups is 2. The van der Waals surface area contributed by atoms with Gasteiger partial charge in [0.05, 0.1) is 0 Å². The highest BCUT2D eigenvalue weighted by Crippen LogP contribution is 2.13. The average molecular weight is 283 g/mol. The molecular formula is C15H29N3O2. The van der Waals surface area contributed by atoms with Gasteiger partial charge in [-0.05, 0) is 26.3 Å². The highest BCUT2D eigenvalue weighted by molar-refractivity contribution is 5.78. The van der Waals surface area contributed by atoms with Crippen molar-refractivity contribution in [1.29, 1.82) is 0 Å².